The van der Waals surface area contributed by atoms with Crippen LogP contribution in [0.2, 0.25) is 5.02 Å². The third-order valence-electron chi connectivity index (χ3n) is 2.94. The molecule has 0 atom stereocenters. The maximum absolute atomic E-state index is 11.6. The Balaban J connectivity index is 2.38. The van der Waals surface area contributed by atoms with Crippen molar-refractivity contribution in [3.63, 3.8) is 0 Å². The van der Waals surface area contributed by atoms with Crippen LogP contribution in [0, 0.1) is 0 Å². The quantitative estimate of drug-likeness (QED) is 0.628. The van der Waals surface area contributed by atoms with Gasteiger partial charge in [-0.05, 0) is 25.5 Å². The number of carbonyl (C=O) groups excluding carboxylic acids is 1. The van der Waals surface area contributed by atoms with Gasteiger partial charge in [0.05, 0.1) is 15.4 Å². The van der Waals surface area contributed by atoms with Gasteiger partial charge >= 0.3 is 0 Å². The van der Waals surface area contributed by atoms with Crippen LogP contribution in [0.15, 0.2) is 17.2 Å². The molecule has 0 unspecified atom stereocenters. The first-order chi connectivity index (χ1) is 10.0. The molecule has 21 heavy (non-hydrogen) atoms. The van der Waals surface area contributed by atoms with Crippen LogP contribution in [0.5, 0.6) is 0 Å². The Morgan fingerprint density at radius 3 is 2.81 bits per heavy atom. The summed E-state index contributed by atoms with van der Waals surface area (Å²) in [6, 6.07) is 3.53. The van der Waals surface area contributed by atoms with Gasteiger partial charge in [0.2, 0.25) is 11.0 Å². The van der Waals surface area contributed by atoms with E-state index in [1.807, 2.05) is 20.8 Å². The van der Waals surface area contributed by atoms with Crippen molar-refractivity contribution in [1.29, 1.82) is 0 Å². The molecule has 2 N–H and O–H groups in total. The molecular weight excluding hydrogens is 308 g/mol. The van der Waals surface area contributed by atoms with Crippen molar-refractivity contribution in [1.82, 2.24) is 4.98 Å². The first-order valence-electron chi connectivity index (χ1n) is 6.73. The highest BCUT2D eigenvalue weighted by atomic mass is 35.5. The molecule has 0 aliphatic heterocycles. The van der Waals surface area contributed by atoms with Gasteiger partial charge in [-0.15, -0.1) is 0 Å². The van der Waals surface area contributed by atoms with E-state index in [9.17, 15) is 4.79 Å². The van der Waals surface area contributed by atoms with Gasteiger partial charge in [0, 0.05) is 12.1 Å². The molecule has 1 aromatic carbocycles. The molecule has 0 aliphatic rings. The van der Waals surface area contributed by atoms with Gasteiger partial charge in [0.1, 0.15) is 5.52 Å². The predicted octanol–water partition coefficient (Wildman–Crippen LogP) is 4.50. The normalized spacial score (nSPS) is 11.7. The van der Waals surface area contributed by atoms with E-state index < -0.39 is 0 Å². The number of anilines is 2. The maximum atomic E-state index is 11.6. The number of amides is 1. The van der Waals surface area contributed by atoms with Crippen molar-refractivity contribution < 1.29 is 4.79 Å². The molecule has 0 spiro atoms. The summed E-state index contributed by atoms with van der Waals surface area (Å²) in [5.41, 5.74) is 5.31. The smallest absolute Gasteiger partial charge is 0.224 e. The Morgan fingerprint density at radius 2 is 2.14 bits per heavy atom. The van der Waals surface area contributed by atoms with Crippen molar-refractivity contribution in [2.75, 3.05) is 10.7 Å². The first kappa shape index (κ1) is 15.7. The molecule has 2 aromatic rings. The van der Waals surface area contributed by atoms with Crippen LogP contribution in [0.1, 0.15) is 33.6 Å². The molecule has 7 heteroatoms. The summed E-state index contributed by atoms with van der Waals surface area (Å²) in [7, 11) is 0. The minimum atomic E-state index is -0.0404. The van der Waals surface area contributed by atoms with Crippen LogP contribution in [0.3, 0.4) is 0 Å². The molecule has 112 valence electrons. The number of fused-ring (bicyclic) bond motifs is 1. The molecule has 0 aliphatic carbocycles. The molecule has 0 saturated carbocycles. The summed E-state index contributed by atoms with van der Waals surface area (Å²) in [4.78, 5) is 16.0. The molecule has 0 bridgehead atoms. The molecule has 0 saturated heterocycles. The van der Waals surface area contributed by atoms with Gasteiger partial charge in [-0.25, -0.2) is 4.98 Å². The van der Waals surface area contributed by atoms with E-state index >= 15 is 0 Å². The molecule has 2 rings (SSSR count). The summed E-state index contributed by atoms with van der Waals surface area (Å²) >= 11 is 7.59. The highest BCUT2D eigenvalue weighted by Gasteiger charge is 2.12. The van der Waals surface area contributed by atoms with E-state index in [-0.39, 0.29) is 5.91 Å². The largest absolute Gasteiger partial charge is 0.325 e. The topological polar surface area (TPSA) is 66.4 Å². The lowest BCUT2D eigenvalue weighted by molar-refractivity contribution is -0.115. The fourth-order valence-corrected chi connectivity index (χ4v) is 2.74. The Morgan fingerprint density at radius 1 is 1.38 bits per heavy atom. The fourth-order valence-electron chi connectivity index (χ4n) is 1.58. The number of hydrazone groups is 1. The zero-order valence-corrected chi connectivity index (χ0v) is 13.7. The lowest BCUT2D eigenvalue weighted by atomic mass is 10.3. The summed E-state index contributed by atoms with van der Waals surface area (Å²) in [6.07, 6.45) is 1.30. The third-order valence-corrected chi connectivity index (χ3v) is 4.24. The van der Waals surface area contributed by atoms with Gasteiger partial charge in [-0.1, -0.05) is 36.8 Å². The molecule has 1 amide bonds. The number of carbonyl (C=O) groups is 1. The Bertz CT molecular complexity index is 696. The van der Waals surface area contributed by atoms with Gasteiger partial charge in [0.15, 0.2) is 0 Å². The zero-order chi connectivity index (χ0) is 15.4. The lowest BCUT2D eigenvalue weighted by Crippen LogP contribution is -2.09. The summed E-state index contributed by atoms with van der Waals surface area (Å²) in [5, 5.41) is 8.30. The molecule has 0 radical (unpaired) electrons. The summed E-state index contributed by atoms with van der Waals surface area (Å²) < 4.78 is 0.844. The van der Waals surface area contributed by atoms with Crippen LogP contribution in [0.25, 0.3) is 10.2 Å². The number of thiazole rings is 1. The first-order valence-corrected chi connectivity index (χ1v) is 7.92. The number of nitrogens with one attached hydrogen (secondary N) is 2. The molecule has 5 nitrogen and oxygen atoms in total. The second kappa shape index (κ2) is 6.87. The minimum Gasteiger partial charge on any atom is -0.325 e. The van der Waals surface area contributed by atoms with Crippen molar-refractivity contribution in [3.8, 4) is 0 Å². The van der Waals surface area contributed by atoms with Gasteiger partial charge in [-0.2, -0.15) is 5.10 Å². The highest BCUT2D eigenvalue weighted by Crippen LogP contribution is 2.36. The van der Waals surface area contributed by atoms with Crippen LogP contribution in [0.4, 0.5) is 10.8 Å². The second-order valence-corrected chi connectivity index (χ2v) is 5.91. The standard InChI is InChI=1S/C14H17ClN4OS/c1-4-8(3)18-19-14-17-12-9(15)6-7-10(13(12)21-14)16-11(20)5-2/h6-7H,4-5H2,1-3H3,(H,16,20)(H,17,19)/b18-8+. The van der Waals surface area contributed by atoms with Crippen LogP contribution in [-0.4, -0.2) is 16.6 Å². The molecule has 1 aromatic heterocycles. The minimum absolute atomic E-state index is 0.0404. The number of benzene rings is 1. The second-order valence-electron chi connectivity index (χ2n) is 4.51. The Labute approximate surface area is 132 Å². The Kier molecular flexibility index (Phi) is 5.14. The average Bonchev–Trinajstić information content (AvgIpc) is 2.92. The number of hydrogen-bond acceptors (Lipinski definition) is 5. The van der Waals surface area contributed by atoms with Crippen LogP contribution in [-0.2, 0) is 4.79 Å². The number of hydrogen-bond donors (Lipinski definition) is 2. The van der Waals surface area contributed by atoms with Gasteiger partial charge < -0.3 is 5.32 Å². The van der Waals surface area contributed by atoms with E-state index in [1.165, 1.54) is 11.3 Å². The summed E-state index contributed by atoms with van der Waals surface area (Å²) in [5.74, 6) is -0.0404. The van der Waals surface area contributed by atoms with E-state index in [4.69, 9.17) is 11.6 Å². The van der Waals surface area contributed by atoms with Crippen molar-refractivity contribution in [2.24, 2.45) is 5.10 Å². The fraction of sp³-hybridized carbons (Fsp3) is 0.357. The van der Waals surface area contributed by atoms with Crippen molar-refractivity contribution >= 4 is 55.6 Å². The van der Waals surface area contributed by atoms with Crippen molar-refractivity contribution in [2.45, 2.75) is 33.6 Å². The molecular formula is C14H17ClN4OS. The van der Waals surface area contributed by atoms with Gasteiger partial charge in [-0.3, -0.25) is 10.2 Å². The third kappa shape index (κ3) is 3.71. The highest BCUT2D eigenvalue weighted by molar-refractivity contribution is 7.22. The molecule has 1 heterocycles. The van der Waals surface area contributed by atoms with E-state index in [1.54, 1.807) is 12.1 Å². The van der Waals surface area contributed by atoms with E-state index in [0.29, 0.717) is 22.1 Å². The number of aromatic nitrogens is 1. The number of rotatable bonds is 5. The predicted molar refractivity (Wildman–Crippen MR) is 90.6 cm³/mol. The lowest BCUT2D eigenvalue weighted by Gasteiger charge is -2.04. The molecule has 0 fully saturated rings. The van der Waals surface area contributed by atoms with Crippen molar-refractivity contribution in [3.05, 3.63) is 17.2 Å². The SMILES string of the molecule is CCC(=O)Nc1ccc(Cl)c2nc(N/N=C(\C)CC)sc12. The monoisotopic (exact) mass is 324 g/mol. The van der Waals surface area contributed by atoms with Crippen LogP contribution < -0.4 is 10.7 Å². The number of halogens is 1. The van der Waals surface area contributed by atoms with E-state index in [2.05, 4.69) is 20.8 Å². The average molecular weight is 325 g/mol. The van der Waals surface area contributed by atoms with Crippen LogP contribution >= 0.6 is 22.9 Å². The zero-order valence-electron chi connectivity index (χ0n) is 12.2. The Hall–Kier alpha value is -1.66. The maximum Gasteiger partial charge on any atom is 0.224 e. The van der Waals surface area contributed by atoms with Gasteiger partial charge in [0.25, 0.3) is 0 Å². The van der Waals surface area contributed by atoms with E-state index in [0.717, 1.165) is 22.5 Å². The summed E-state index contributed by atoms with van der Waals surface area (Å²) in [6.45, 7) is 5.79. The number of nitrogens with zero attached hydrogens (tertiary/aromatic N) is 2.